The summed E-state index contributed by atoms with van der Waals surface area (Å²) in [5, 5.41) is 17.3. The number of nitrogens with one attached hydrogen (secondary N) is 2. The Kier molecular flexibility index (Phi) is 11.0. The number of aliphatic hydroxyl groups excluding tert-OH is 1. The lowest BCUT2D eigenvalue weighted by atomic mass is 9.79. The van der Waals surface area contributed by atoms with Crippen molar-refractivity contribution >= 4 is 17.8 Å². The molecule has 0 aromatic heterocycles. The van der Waals surface area contributed by atoms with E-state index in [4.69, 9.17) is 4.74 Å². The third-order valence-electron chi connectivity index (χ3n) is 7.29. The maximum atomic E-state index is 13.8. The summed E-state index contributed by atoms with van der Waals surface area (Å²) >= 11 is 0. The van der Waals surface area contributed by atoms with Crippen LogP contribution in [0.2, 0.25) is 0 Å². The summed E-state index contributed by atoms with van der Waals surface area (Å²) in [7, 11) is 0. The Balaban J connectivity index is 1.84. The van der Waals surface area contributed by atoms with Crippen molar-refractivity contribution in [2.24, 2.45) is 0 Å². The molecule has 3 atom stereocenters. The van der Waals surface area contributed by atoms with Crippen molar-refractivity contribution in [3.8, 4) is 0 Å². The Labute approximate surface area is 240 Å². The largest absolute Gasteiger partial charge is 0.462 e. The molecule has 1 aliphatic rings. The number of benzene rings is 2. The number of likely N-dealkylation sites (tertiary alicyclic amines) is 1. The van der Waals surface area contributed by atoms with Gasteiger partial charge in [0.1, 0.15) is 18.2 Å². The molecule has 0 unspecified atom stereocenters. The van der Waals surface area contributed by atoms with Gasteiger partial charge < -0.3 is 25.4 Å². The molecule has 0 saturated carbocycles. The van der Waals surface area contributed by atoms with Gasteiger partial charge in [0, 0.05) is 32.5 Å². The van der Waals surface area contributed by atoms with Crippen LogP contribution in [0.5, 0.6) is 0 Å². The summed E-state index contributed by atoms with van der Waals surface area (Å²) < 4.78 is 32.8. The quantitative estimate of drug-likeness (QED) is 0.335. The Morgan fingerprint density at radius 3 is 2.37 bits per heavy atom. The predicted octanol–water partition coefficient (Wildman–Crippen LogP) is 3.56. The van der Waals surface area contributed by atoms with E-state index in [9.17, 15) is 28.3 Å². The average Bonchev–Trinajstić information content (AvgIpc) is 2.87. The Hall–Kier alpha value is -3.37. The van der Waals surface area contributed by atoms with Crippen LogP contribution in [-0.4, -0.2) is 65.7 Å². The molecule has 8 nitrogen and oxygen atoms in total. The highest BCUT2D eigenvalue weighted by atomic mass is 19.1. The van der Waals surface area contributed by atoms with Crippen LogP contribution in [0.15, 0.2) is 42.5 Å². The van der Waals surface area contributed by atoms with E-state index in [1.54, 1.807) is 13.8 Å². The van der Waals surface area contributed by atoms with Crippen molar-refractivity contribution in [3.63, 3.8) is 0 Å². The van der Waals surface area contributed by atoms with Crippen LogP contribution in [0.3, 0.4) is 0 Å². The van der Waals surface area contributed by atoms with Crippen molar-refractivity contribution in [1.29, 1.82) is 0 Å². The molecule has 0 aliphatic carbocycles. The van der Waals surface area contributed by atoms with Crippen molar-refractivity contribution < 1.29 is 33.0 Å². The number of amides is 2. The summed E-state index contributed by atoms with van der Waals surface area (Å²) in [5.74, 6) is -2.36. The van der Waals surface area contributed by atoms with Crippen LogP contribution in [-0.2, 0) is 31.1 Å². The number of ether oxygens (including phenoxy) is 1. The van der Waals surface area contributed by atoms with E-state index >= 15 is 0 Å². The van der Waals surface area contributed by atoms with Crippen LogP contribution >= 0.6 is 0 Å². The second-order valence-electron chi connectivity index (χ2n) is 11.4. The SMILES string of the molecule is CC(=O)N[C@@H](Cc1cc(F)cc(F)c1)[C@H](O)CN[C@]1(c2cccc(C(C)C)c2)CCN(CC(=O)OC(C)C)C(=O)C1. The van der Waals surface area contributed by atoms with E-state index in [2.05, 4.69) is 24.5 Å². The highest BCUT2D eigenvalue weighted by Gasteiger charge is 2.41. The highest BCUT2D eigenvalue weighted by molar-refractivity contribution is 5.84. The smallest absolute Gasteiger partial charge is 0.325 e. The topological polar surface area (TPSA) is 108 Å². The van der Waals surface area contributed by atoms with Gasteiger partial charge in [-0.15, -0.1) is 0 Å². The standard InChI is InChI=1S/C31H41F2N3O5/c1-19(2)23-7-6-8-24(14-23)31(9-10-36(29(39)16-31)18-30(40)41-20(3)4)34-17-28(38)27(35-21(5)37)13-22-11-25(32)15-26(33)12-22/h6-8,11-12,14-15,19-20,27-28,34,38H,9-10,13,16-18H2,1-5H3,(H,35,37)/t27-,28+,31+/m0/s1. The minimum absolute atomic E-state index is 0.00237. The molecule has 1 fully saturated rings. The summed E-state index contributed by atoms with van der Waals surface area (Å²) in [6.45, 7) is 9.08. The molecular weight excluding hydrogens is 532 g/mol. The lowest BCUT2D eigenvalue weighted by Gasteiger charge is -2.43. The van der Waals surface area contributed by atoms with Crippen LogP contribution in [0, 0.1) is 11.6 Å². The van der Waals surface area contributed by atoms with E-state index in [-0.39, 0.29) is 49.4 Å². The molecule has 3 N–H and O–H groups in total. The number of esters is 1. The van der Waals surface area contributed by atoms with E-state index in [0.29, 0.717) is 13.0 Å². The van der Waals surface area contributed by atoms with Crippen molar-refractivity contribution in [1.82, 2.24) is 15.5 Å². The van der Waals surface area contributed by atoms with Crippen molar-refractivity contribution in [2.75, 3.05) is 19.6 Å². The van der Waals surface area contributed by atoms with E-state index < -0.39 is 41.2 Å². The first-order valence-electron chi connectivity index (χ1n) is 14.0. The zero-order valence-electron chi connectivity index (χ0n) is 24.4. The Morgan fingerprint density at radius 1 is 1.10 bits per heavy atom. The number of piperidine rings is 1. The highest BCUT2D eigenvalue weighted by Crippen LogP contribution is 2.35. The number of hydrogen-bond donors (Lipinski definition) is 3. The van der Waals surface area contributed by atoms with Gasteiger partial charge in [-0.1, -0.05) is 38.1 Å². The molecule has 10 heteroatoms. The zero-order chi connectivity index (χ0) is 30.3. The van der Waals surface area contributed by atoms with Gasteiger partial charge in [0.2, 0.25) is 11.8 Å². The van der Waals surface area contributed by atoms with E-state index in [0.717, 1.165) is 29.3 Å². The first-order valence-corrected chi connectivity index (χ1v) is 14.0. The summed E-state index contributed by atoms with van der Waals surface area (Å²) in [6.07, 6.45) is -0.941. The van der Waals surface area contributed by atoms with Crippen molar-refractivity contribution in [3.05, 3.63) is 70.8 Å². The first kappa shape index (κ1) is 32.1. The van der Waals surface area contributed by atoms with Crippen LogP contribution in [0.25, 0.3) is 0 Å². The first-order chi connectivity index (χ1) is 19.3. The molecule has 1 saturated heterocycles. The van der Waals surface area contributed by atoms with Gasteiger partial charge in [-0.05, 0) is 61.4 Å². The van der Waals surface area contributed by atoms with Gasteiger partial charge in [-0.3, -0.25) is 14.4 Å². The predicted molar refractivity (Wildman–Crippen MR) is 151 cm³/mol. The van der Waals surface area contributed by atoms with Gasteiger partial charge >= 0.3 is 5.97 Å². The summed E-state index contributed by atoms with van der Waals surface area (Å²) in [4.78, 5) is 39.0. The average molecular weight is 574 g/mol. The van der Waals surface area contributed by atoms with Crippen LogP contribution < -0.4 is 10.6 Å². The number of halogens is 2. The van der Waals surface area contributed by atoms with Gasteiger partial charge in [-0.2, -0.15) is 0 Å². The lowest BCUT2D eigenvalue weighted by Crippen LogP contribution is -2.57. The number of aliphatic hydroxyl groups is 1. The molecule has 224 valence electrons. The molecule has 0 radical (unpaired) electrons. The van der Waals surface area contributed by atoms with Gasteiger partial charge in [0.25, 0.3) is 0 Å². The van der Waals surface area contributed by atoms with Crippen LogP contribution in [0.4, 0.5) is 8.78 Å². The summed E-state index contributed by atoms with van der Waals surface area (Å²) in [5.41, 5.74) is 1.39. The normalized spacial score (nSPS) is 18.9. The molecule has 2 aromatic carbocycles. The molecule has 1 aliphatic heterocycles. The second-order valence-corrected chi connectivity index (χ2v) is 11.4. The molecule has 41 heavy (non-hydrogen) atoms. The summed E-state index contributed by atoms with van der Waals surface area (Å²) in [6, 6.07) is 10.2. The minimum Gasteiger partial charge on any atom is -0.462 e. The molecule has 2 amide bonds. The fourth-order valence-corrected chi connectivity index (χ4v) is 5.20. The fraction of sp³-hybridized carbons (Fsp3) is 0.516. The fourth-order valence-electron chi connectivity index (χ4n) is 5.20. The number of carbonyl (C=O) groups excluding carboxylic acids is 3. The van der Waals surface area contributed by atoms with Gasteiger partial charge in [-0.25, -0.2) is 8.78 Å². The number of hydrogen-bond acceptors (Lipinski definition) is 6. The maximum Gasteiger partial charge on any atom is 0.325 e. The minimum atomic E-state index is -1.15. The third kappa shape index (κ3) is 9.06. The van der Waals surface area contributed by atoms with Crippen LogP contribution in [0.1, 0.15) is 70.1 Å². The molecule has 2 aromatic rings. The second kappa shape index (κ2) is 14.0. The molecule has 0 spiro atoms. The molecule has 0 bridgehead atoms. The molecular formula is C31H41F2N3O5. The van der Waals surface area contributed by atoms with Gasteiger partial charge in [0.15, 0.2) is 0 Å². The van der Waals surface area contributed by atoms with Gasteiger partial charge in [0.05, 0.1) is 23.8 Å². The Bertz CT molecular complexity index is 1220. The zero-order valence-corrected chi connectivity index (χ0v) is 24.4. The van der Waals surface area contributed by atoms with Crippen molar-refractivity contribution in [2.45, 2.75) is 83.6 Å². The monoisotopic (exact) mass is 573 g/mol. The number of nitrogens with zero attached hydrogens (tertiary/aromatic N) is 1. The van der Waals surface area contributed by atoms with E-state index in [1.807, 2.05) is 24.3 Å². The molecule has 1 heterocycles. The lowest BCUT2D eigenvalue weighted by molar-refractivity contribution is -0.154. The number of carbonyl (C=O) groups is 3. The third-order valence-corrected chi connectivity index (χ3v) is 7.29. The molecule has 3 rings (SSSR count). The maximum absolute atomic E-state index is 13.8. The Morgan fingerprint density at radius 2 is 1.78 bits per heavy atom. The number of rotatable bonds is 12. The van der Waals surface area contributed by atoms with E-state index in [1.165, 1.54) is 11.8 Å².